The normalized spacial score (nSPS) is 16.4. The highest BCUT2D eigenvalue weighted by Gasteiger charge is 2.38. The first-order chi connectivity index (χ1) is 11.2. The molecule has 2 aliphatic rings. The summed E-state index contributed by atoms with van der Waals surface area (Å²) < 4.78 is 10.8. The predicted octanol–water partition coefficient (Wildman–Crippen LogP) is 2.83. The molecule has 4 heteroatoms. The van der Waals surface area contributed by atoms with Crippen molar-refractivity contribution < 1.29 is 14.3 Å². The minimum atomic E-state index is 0.0496. The number of hydrogen-bond donors (Lipinski definition) is 0. The van der Waals surface area contributed by atoms with Gasteiger partial charge in [0, 0.05) is 12.6 Å². The second-order valence-electron chi connectivity index (χ2n) is 6.10. The lowest BCUT2D eigenvalue weighted by Crippen LogP contribution is -2.36. The van der Waals surface area contributed by atoms with Gasteiger partial charge >= 0.3 is 0 Å². The maximum absolute atomic E-state index is 13.0. The van der Waals surface area contributed by atoms with Gasteiger partial charge in [-0.3, -0.25) is 4.79 Å². The third-order valence-electron chi connectivity index (χ3n) is 4.92. The van der Waals surface area contributed by atoms with Crippen molar-refractivity contribution in [1.82, 2.24) is 4.90 Å². The van der Waals surface area contributed by atoms with Crippen LogP contribution in [0.5, 0.6) is 11.5 Å². The second-order valence-corrected chi connectivity index (χ2v) is 6.10. The van der Waals surface area contributed by atoms with Gasteiger partial charge in [0.1, 0.15) is 0 Å². The van der Waals surface area contributed by atoms with Crippen LogP contribution >= 0.6 is 0 Å². The Hall–Kier alpha value is -2.49. The first-order valence-corrected chi connectivity index (χ1v) is 7.84. The Balaban J connectivity index is 1.66. The average molecular weight is 309 g/mol. The number of fused-ring (bicyclic) bond motifs is 2. The van der Waals surface area contributed by atoms with Crippen LogP contribution in [0.2, 0.25) is 0 Å². The van der Waals surface area contributed by atoms with Crippen molar-refractivity contribution in [3.63, 3.8) is 0 Å². The number of carbonyl (C=O) groups is 1. The molecule has 0 atom stereocenters. The Morgan fingerprint density at radius 1 is 0.957 bits per heavy atom. The smallest absolute Gasteiger partial charge is 0.258 e. The van der Waals surface area contributed by atoms with Crippen LogP contribution in [-0.2, 0) is 19.4 Å². The molecule has 0 saturated heterocycles. The summed E-state index contributed by atoms with van der Waals surface area (Å²) in [4.78, 5) is 15.0. The molecule has 118 valence electrons. The van der Waals surface area contributed by atoms with Crippen LogP contribution in [0, 0.1) is 0 Å². The molecular weight excluding hydrogens is 290 g/mol. The second kappa shape index (κ2) is 5.30. The van der Waals surface area contributed by atoms with E-state index in [2.05, 4.69) is 24.3 Å². The molecule has 0 N–H and O–H groups in total. The summed E-state index contributed by atoms with van der Waals surface area (Å²) in [5.74, 6) is 1.21. The van der Waals surface area contributed by atoms with Gasteiger partial charge < -0.3 is 14.4 Å². The van der Waals surface area contributed by atoms with Crippen molar-refractivity contribution in [1.29, 1.82) is 0 Å². The maximum Gasteiger partial charge on any atom is 0.258 e. The van der Waals surface area contributed by atoms with Gasteiger partial charge in [-0.15, -0.1) is 0 Å². The zero-order valence-electron chi connectivity index (χ0n) is 13.3. The number of nitrogens with zero attached hydrogens (tertiary/aromatic N) is 1. The number of carbonyl (C=O) groups excluding carboxylic acids is 1. The quantitative estimate of drug-likeness (QED) is 0.875. The van der Waals surface area contributed by atoms with Crippen molar-refractivity contribution in [2.24, 2.45) is 0 Å². The molecule has 1 amide bonds. The van der Waals surface area contributed by atoms with E-state index >= 15 is 0 Å². The molecule has 4 nitrogen and oxygen atoms in total. The number of rotatable bonds is 3. The standard InChI is InChI=1S/C19H19NO3/c1-22-16-8-7-14-11-20(19(21)17(14)18(16)23-2)15-9-12-5-3-4-6-13(12)10-15/h3-8,15H,9-11H2,1-2H3. The third kappa shape index (κ3) is 2.09. The molecule has 1 aliphatic carbocycles. The van der Waals surface area contributed by atoms with Crippen molar-refractivity contribution in [2.75, 3.05) is 14.2 Å². The highest BCUT2D eigenvalue weighted by Crippen LogP contribution is 2.40. The molecule has 1 aliphatic heterocycles. The number of methoxy groups -OCH3 is 2. The first kappa shape index (κ1) is 14.1. The summed E-state index contributed by atoms with van der Waals surface area (Å²) in [7, 11) is 3.18. The SMILES string of the molecule is COc1ccc2c(c1OC)C(=O)N(C1Cc3ccccc3C1)C2. The lowest BCUT2D eigenvalue weighted by Gasteiger charge is -2.23. The summed E-state index contributed by atoms with van der Waals surface area (Å²) in [5.41, 5.74) is 4.38. The number of hydrogen-bond acceptors (Lipinski definition) is 3. The number of ether oxygens (including phenoxy) is 2. The van der Waals surface area contributed by atoms with Crippen molar-refractivity contribution >= 4 is 5.91 Å². The van der Waals surface area contributed by atoms with Crippen LogP contribution in [0.1, 0.15) is 27.0 Å². The molecular formula is C19H19NO3. The first-order valence-electron chi connectivity index (χ1n) is 7.84. The Labute approximate surface area is 135 Å². The van der Waals surface area contributed by atoms with E-state index in [-0.39, 0.29) is 11.9 Å². The fraction of sp³-hybridized carbons (Fsp3) is 0.316. The van der Waals surface area contributed by atoms with Gasteiger partial charge in [-0.05, 0) is 35.6 Å². The summed E-state index contributed by atoms with van der Waals surface area (Å²) in [6, 6.07) is 12.5. The van der Waals surface area contributed by atoms with E-state index in [4.69, 9.17) is 9.47 Å². The lowest BCUT2D eigenvalue weighted by molar-refractivity contribution is 0.0707. The monoisotopic (exact) mass is 309 g/mol. The highest BCUT2D eigenvalue weighted by molar-refractivity contribution is 6.02. The minimum Gasteiger partial charge on any atom is -0.493 e. The van der Waals surface area contributed by atoms with Crippen molar-refractivity contribution in [2.45, 2.75) is 25.4 Å². The van der Waals surface area contributed by atoms with Gasteiger partial charge in [-0.25, -0.2) is 0 Å². The number of benzene rings is 2. The van der Waals surface area contributed by atoms with E-state index in [1.807, 2.05) is 17.0 Å². The van der Waals surface area contributed by atoms with Crippen LogP contribution in [0.4, 0.5) is 0 Å². The molecule has 0 radical (unpaired) electrons. The topological polar surface area (TPSA) is 38.8 Å². The predicted molar refractivity (Wildman–Crippen MR) is 87.1 cm³/mol. The fourth-order valence-corrected chi connectivity index (χ4v) is 3.78. The van der Waals surface area contributed by atoms with Crippen molar-refractivity contribution in [3.05, 3.63) is 58.7 Å². The zero-order chi connectivity index (χ0) is 16.0. The maximum atomic E-state index is 13.0. The Morgan fingerprint density at radius 2 is 1.65 bits per heavy atom. The molecule has 23 heavy (non-hydrogen) atoms. The summed E-state index contributed by atoms with van der Waals surface area (Å²) in [6.45, 7) is 0.646. The van der Waals surface area contributed by atoms with Crippen LogP contribution in [0.15, 0.2) is 36.4 Å². The van der Waals surface area contributed by atoms with E-state index in [0.29, 0.717) is 23.6 Å². The summed E-state index contributed by atoms with van der Waals surface area (Å²) in [5, 5.41) is 0. The molecule has 1 heterocycles. The largest absolute Gasteiger partial charge is 0.493 e. The molecule has 0 saturated carbocycles. The zero-order valence-corrected chi connectivity index (χ0v) is 13.3. The van der Waals surface area contributed by atoms with Crippen molar-refractivity contribution in [3.8, 4) is 11.5 Å². The molecule has 2 aromatic carbocycles. The van der Waals surface area contributed by atoms with Crippen LogP contribution < -0.4 is 9.47 Å². The highest BCUT2D eigenvalue weighted by atomic mass is 16.5. The molecule has 4 rings (SSSR count). The van der Waals surface area contributed by atoms with Crippen LogP contribution in [-0.4, -0.2) is 31.1 Å². The van der Waals surface area contributed by atoms with Gasteiger partial charge in [0.05, 0.1) is 19.8 Å². The van der Waals surface area contributed by atoms with E-state index in [9.17, 15) is 4.79 Å². The molecule has 0 unspecified atom stereocenters. The van der Waals surface area contributed by atoms with E-state index in [1.54, 1.807) is 14.2 Å². The molecule has 0 aromatic heterocycles. The van der Waals surface area contributed by atoms with Gasteiger partial charge in [-0.2, -0.15) is 0 Å². The Kier molecular flexibility index (Phi) is 3.26. The lowest BCUT2D eigenvalue weighted by atomic mass is 10.1. The number of amides is 1. The van der Waals surface area contributed by atoms with Crippen LogP contribution in [0.3, 0.4) is 0 Å². The van der Waals surface area contributed by atoms with Gasteiger partial charge in [0.15, 0.2) is 11.5 Å². The Morgan fingerprint density at radius 3 is 2.26 bits per heavy atom. The van der Waals surface area contributed by atoms with E-state index < -0.39 is 0 Å². The summed E-state index contributed by atoms with van der Waals surface area (Å²) in [6.07, 6.45) is 1.85. The average Bonchev–Trinajstić information content (AvgIpc) is 3.15. The molecule has 0 fully saturated rings. The van der Waals surface area contributed by atoms with Gasteiger partial charge in [0.25, 0.3) is 5.91 Å². The van der Waals surface area contributed by atoms with Gasteiger partial charge in [0.2, 0.25) is 0 Å². The third-order valence-corrected chi connectivity index (χ3v) is 4.92. The molecule has 0 spiro atoms. The Bertz CT molecular complexity index is 759. The minimum absolute atomic E-state index is 0.0496. The van der Waals surface area contributed by atoms with E-state index in [1.165, 1.54) is 11.1 Å². The summed E-state index contributed by atoms with van der Waals surface area (Å²) >= 11 is 0. The van der Waals surface area contributed by atoms with E-state index in [0.717, 1.165) is 18.4 Å². The molecule has 0 bridgehead atoms. The molecule has 2 aromatic rings. The van der Waals surface area contributed by atoms with Gasteiger partial charge in [-0.1, -0.05) is 30.3 Å². The fourth-order valence-electron chi connectivity index (χ4n) is 3.78. The van der Waals surface area contributed by atoms with Crippen LogP contribution in [0.25, 0.3) is 0 Å².